The molecule has 1 aromatic carbocycles. The summed E-state index contributed by atoms with van der Waals surface area (Å²) in [5.74, 6) is 0.750. The van der Waals surface area contributed by atoms with Crippen LogP contribution >= 0.6 is 11.8 Å². The first-order valence-corrected chi connectivity index (χ1v) is 8.16. The van der Waals surface area contributed by atoms with E-state index in [-0.39, 0.29) is 11.2 Å². The van der Waals surface area contributed by atoms with E-state index in [9.17, 15) is 4.79 Å². The first-order chi connectivity index (χ1) is 11.0. The standard InChI is InChI=1S/C16H19N5OS/c1-12(15(22)20(2)11-7-10-17)23-16-19-18-14(21(16)3)13-8-5-4-6-9-13/h4-6,8-9,12H,7,11H2,1-3H3/t12-/m1/s1. The number of benzene rings is 1. The molecule has 1 amide bonds. The van der Waals surface area contributed by atoms with E-state index in [0.29, 0.717) is 18.1 Å². The van der Waals surface area contributed by atoms with Crippen molar-refractivity contribution in [2.75, 3.05) is 13.6 Å². The molecule has 0 unspecified atom stereocenters. The minimum Gasteiger partial charge on any atom is -0.344 e. The van der Waals surface area contributed by atoms with Crippen LogP contribution in [0.25, 0.3) is 11.4 Å². The summed E-state index contributed by atoms with van der Waals surface area (Å²) in [4.78, 5) is 13.9. The Balaban J connectivity index is 2.08. The summed E-state index contributed by atoms with van der Waals surface area (Å²) in [7, 11) is 3.60. The summed E-state index contributed by atoms with van der Waals surface area (Å²) in [5, 5.41) is 17.4. The highest BCUT2D eigenvalue weighted by atomic mass is 32.2. The van der Waals surface area contributed by atoms with Crippen LogP contribution in [-0.4, -0.2) is 44.4 Å². The molecule has 0 radical (unpaired) electrons. The SMILES string of the molecule is C[C@@H](Sc1nnc(-c2ccccc2)n1C)C(=O)N(C)CCC#N. The maximum absolute atomic E-state index is 12.3. The summed E-state index contributed by atoms with van der Waals surface area (Å²) in [6.45, 7) is 2.28. The van der Waals surface area contributed by atoms with Crippen molar-refractivity contribution in [3.8, 4) is 17.5 Å². The second-order valence-corrected chi connectivity index (χ2v) is 6.47. The smallest absolute Gasteiger partial charge is 0.235 e. The van der Waals surface area contributed by atoms with E-state index in [1.165, 1.54) is 11.8 Å². The van der Waals surface area contributed by atoms with Gasteiger partial charge in [-0.3, -0.25) is 4.79 Å². The number of carbonyl (C=O) groups excluding carboxylic acids is 1. The molecule has 0 saturated heterocycles. The largest absolute Gasteiger partial charge is 0.344 e. The van der Waals surface area contributed by atoms with Gasteiger partial charge in [-0.15, -0.1) is 10.2 Å². The highest BCUT2D eigenvalue weighted by Crippen LogP contribution is 2.26. The lowest BCUT2D eigenvalue weighted by Crippen LogP contribution is -2.34. The Kier molecular flexibility index (Phi) is 5.77. The Morgan fingerprint density at radius 1 is 1.39 bits per heavy atom. The number of thioether (sulfide) groups is 1. The number of hydrogen-bond donors (Lipinski definition) is 0. The molecule has 0 aliphatic heterocycles. The average molecular weight is 329 g/mol. The van der Waals surface area contributed by atoms with Gasteiger partial charge in [-0.05, 0) is 6.92 Å². The Labute approximate surface area is 140 Å². The fourth-order valence-corrected chi connectivity index (χ4v) is 3.03. The lowest BCUT2D eigenvalue weighted by Gasteiger charge is -2.19. The van der Waals surface area contributed by atoms with Crippen LogP contribution in [0.1, 0.15) is 13.3 Å². The number of hydrogen-bond acceptors (Lipinski definition) is 5. The molecular formula is C16H19N5OS. The molecule has 2 rings (SSSR count). The van der Waals surface area contributed by atoms with E-state index >= 15 is 0 Å². The zero-order valence-electron chi connectivity index (χ0n) is 13.4. The first-order valence-electron chi connectivity index (χ1n) is 7.28. The number of amides is 1. The average Bonchev–Trinajstić information content (AvgIpc) is 2.93. The minimum absolute atomic E-state index is 0.0190. The highest BCUT2D eigenvalue weighted by molar-refractivity contribution is 8.00. The molecule has 1 atom stereocenters. The van der Waals surface area contributed by atoms with Gasteiger partial charge in [0.15, 0.2) is 11.0 Å². The molecule has 23 heavy (non-hydrogen) atoms. The van der Waals surface area contributed by atoms with E-state index in [0.717, 1.165) is 11.4 Å². The normalized spacial score (nSPS) is 11.7. The molecule has 0 N–H and O–H groups in total. The summed E-state index contributed by atoms with van der Waals surface area (Å²) >= 11 is 1.37. The van der Waals surface area contributed by atoms with E-state index in [2.05, 4.69) is 10.2 Å². The van der Waals surface area contributed by atoms with Gasteiger partial charge < -0.3 is 9.47 Å². The van der Waals surface area contributed by atoms with Crippen LogP contribution in [0.5, 0.6) is 0 Å². The molecule has 0 spiro atoms. The molecule has 1 aromatic heterocycles. The fourth-order valence-electron chi connectivity index (χ4n) is 2.10. The zero-order valence-corrected chi connectivity index (χ0v) is 14.2. The number of rotatable bonds is 6. The molecule has 0 aliphatic carbocycles. The van der Waals surface area contributed by atoms with Gasteiger partial charge in [0.25, 0.3) is 0 Å². The molecule has 0 bridgehead atoms. The number of nitriles is 1. The van der Waals surface area contributed by atoms with Gasteiger partial charge in [-0.25, -0.2) is 0 Å². The van der Waals surface area contributed by atoms with Crippen molar-refractivity contribution in [1.29, 1.82) is 5.26 Å². The van der Waals surface area contributed by atoms with E-state index < -0.39 is 0 Å². The van der Waals surface area contributed by atoms with Crippen LogP contribution in [0.15, 0.2) is 35.5 Å². The molecule has 0 aliphatic rings. The van der Waals surface area contributed by atoms with Crippen LogP contribution in [0.2, 0.25) is 0 Å². The third-order valence-corrected chi connectivity index (χ3v) is 4.55. The third-order valence-electron chi connectivity index (χ3n) is 3.43. The Hall–Kier alpha value is -2.33. The molecule has 2 aromatic rings. The van der Waals surface area contributed by atoms with Gasteiger partial charge in [-0.1, -0.05) is 42.1 Å². The first kappa shape index (κ1) is 17.0. The van der Waals surface area contributed by atoms with Crippen LogP contribution in [0.4, 0.5) is 0 Å². The number of aromatic nitrogens is 3. The van der Waals surface area contributed by atoms with Gasteiger partial charge in [-0.2, -0.15) is 5.26 Å². The van der Waals surface area contributed by atoms with Crippen LogP contribution < -0.4 is 0 Å². The van der Waals surface area contributed by atoms with Crippen molar-refractivity contribution < 1.29 is 4.79 Å². The summed E-state index contributed by atoms with van der Waals surface area (Å²) in [6.07, 6.45) is 0.335. The van der Waals surface area contributed by atoms with Crippen LogP contribution in [-0.2, 0) is 11.8 Å². The maximum atomic E-state index is 12.3. The van der Waals surface area contributed by atoms with Crippen molar-refractivity contribution >= 4 is 17.7 Å². The maximum Gasteiger partial charge on any atom is 0.235 e. The second kappa shape index (κ2) is 7.79. The lowest BCUT2D eigenvalue weighted by atomic mass is 10.2. The van der Waals surface area contributed by atoms with Crippen molar-refractivity contribution in [1.82, 2.24) is 19.7 Å². The monoisotopic (exact) mass is 329 g/mol. The van der Waals surface area contributed by atoms with Crippen molar-refractivity contribution in [3.05, 3.63) is 30.3 Å². The predicted molar refractivity (Wildman–Crippen MR) is 89.6 cm³/mol. The molecule has 6 nitrogen and oxygen atoms in total. The quantitative estimate of drug-likeness (QED) is 0.760. The molecular weight excluding hydrogens is 310 g/mol. The van der Waals surface area contributed by atoms with Gasteiger partial charge in [0.05, 0.1) is 17.7 Å². The number of nitrogens with zero attached hydrogens (tertiary/aromatic N) is 5. The molecule has 7 heteroatoms. The van der Waals surface area contributed by atoms with Crippen molar-refractivity contribution in [2.45, 2.75) is 23.8 Å². The van der Waals surface area contributed by atoms with Gasteiger partial charge in [0.1, 0.15) is 0 Å². The summed E-state index contributed by atoms with van der Waals surface area (Å²) in [5.41, 5.74) is 0.986. The van der Waals surface area contributed by atoms with E-state index in [1.807, 2.05) is 54.9 Å². The Morgan fingerprint density at radius 2 is 2.09 bits per heavy atom. The summed E-state index contributed by atoms with van der Waals surface area (Å²) in [6, 6.07) is 11.9. The van der Waals surface area contributed by atoms with Gasteiger partial charge >= 0.3 is 0 Å². The molecule has 120 valence electrons. The third kappa shape index (κ3) is 4.11. The van der Waals surface area contributed by atoms with E-state index in [1.54, 1.807) is 11.9 Å². The second-order valence-electron chi connectivity index (χ2n) is 5.16. The fraction of sp³-hybridized carbons (Fsp3) is 0.375. The summed E-state index contributed by atoms with van der Waals surface area (Å²) < 4.78 is 1.89. The Bertz CT molecular complexity index is 707. The molecule has 0 saturated carbocycles. The highest BCUT2D eigenvalue weighted by Gasteiger charge is 2.21. The molecule has 0 fully saturated rings. The van der Waals surface area contributed by atoms with Crippen LogP contribution in [0, 0.1) is 11.3 Å². The molecule has 1 heterocycles. The number of carbonyl (C=O) groups is 1. The predicted octanol–water partition coefficient (Wildman–Crippen LogP) is 2.33. The van der Waals surface area contributed by atoms with Crippen molar-refractivity contribution in [3.63, 3.8) is 0 Å². The van der Waals surface area contributed by atoms with Crippen LogP contribution in [0.3, 0.4) is 0 Å². The van der Waals surface area contributed by atoms with Gasteiger partial charge in [0, 0.05) is 26.2 Å². The van der Waals surface area contributed by atoms with Crippen molar-refractivity contribution in [2.24, 2.45) is 7.05 Å². The minimum atomic E-state index is -0.287. The van der Waals surface area contributed by atoms with E-state index in [4.69, 9.17) is 5.26 Å². The zero-order chi connectivity index (χ0) is 16.8. The Morgan fingerprint density at radius 3 is 2.74 bits per heavy atom. The van der Waals surface area contributed by atoms with Gasteiger partial charge in [0.2, 0.25) is 5.91 Å². The lowest BCUT2D eigenvalue weighted by molar-refractivity contribution is -0.128. The topological polar surface area (TPSA) is 74.8 Å².